The highest BCUT2D eigenvalue weighted by Crippen LogP contribution is 2.11. The van der Waals surface area contributed by atoms with Crippen LogP contribution in [0.2, 0.25) is 0 Å². The third kappa shape index (κ3) is 5.21. The molecule has 1 aromatic rings. The average Bonchev–Trinajstić information content (AvgIpc) is 2.87. The van der Waals surface area contributed by atoms with Gasteiger partial charge < -0.3 is 15.7 Å². The van der Waals surface area contributed by atoms with Gasteiger partial charge in [-0.1, -0.05) is 26.3 Å². The Bertz CT molecular complexity index is 434. The van der Waals surface area contributed by atoms with Crippen LogP contribution in [0, 0.1) is 5.92 Å². The van der Waals surface area contributed by atoms with Crippen molar-refractivity contribution in [2.24, 2.45) is 5.92 Å². The van der Waals surface area contributed by atoms with Crippen LogP contribution in [0.3, 0.4) is 0 Å². The molecule has 0 spiro atoms. The third-order valence-corrected chi connectivity index (χ3v) is 4.13. The SMILES string of the molecule is CC[C@H](C)[C@H](NC(=O)NC(C)Cc1cccs1)C(=O)O. The van der Waals surface area contributed by atoms with Gasteiger partial charge in [0, 0.05) is 17.3 Å². The van der Waals surface area contributed by atoms with E-state index in [4.69, 9.17) is 5.11 Å². The number of rotatable bonds is 7. The zero-order chi connectivity index (χ0) is 15.1. The Kier molecular flexibility index (Phi) is 6.51. The zero-order valence-corrected chi connectivity index (χ0v) is 12.9. The molecule has 0 aliphatic rings. The number of carboxylic acids is 1. The van der Waals surface area contributed by atoms with Crippen molar-refractivity contribution in [3.8, 4) is 0 Å². The zero-order valence-electron chi connectivity index (χ0n) is 12.1. The Morgan fingerprint density at radius 2 is 2.05 bits per heavy atom. The Morgan fingerprint density at radius 1 is 1.35 bits per heavy atom. The molecule has 0 radical (unpaired) electrons. The first-order valence-corrected chi connectivity index (χ1v) is 7.64. The molecule has 0 bridgehead atoms. The first-order chi connectivity index (χ1) is 9.43. The molecule has 2 amide bonds. The highest BCUT2D eigenvalue weighted by atomic mass is 32.1. The molecule has 0 aliphatic heterocycles. The summed E-state index contributed by atoms with van der Waals surface area (Å²) in [6, 6.07) is 2.66. The van der Waals surface area contributed by atoms with E-state index in [0.717, 1.165) is 6.42 Å². The molecule has 0 fully saturated rings. The number of carboxylic acid groups (broad SMARTS) is 1. The number of amides is 2. The van der Waals surface area contributed by atoms with Crippen LogP contribution in [0.25, 0.3) is 0 Å². The molecule has 20 heavy (non-hydrogen) atoms. The lowest BCUT2D eigenvalue weighted by Crippen LogP contribution is -2.51. The number of aliphatic carboxylic acids is 1. The van der Waals surface area contributed by atoms with Gasteiger partial charge >= 0.3 is 12.0 Å². The molecule has 1 unspecified atom stereocenters. The number of thiophene rings is 1. The topological polar surface area (TPSA) is 78.4 Å². The third-order valence-electron chi connectivity index (χ3n) is 3.23. The van der Waals surface area contributed by atoms with Crippen LogP contribution in [-0.2, 0) is 11.2 Å². The van der Waals surface area contributed by atoms with Crippen molar-refractivity contribution in [1.82, 2.24) is 10.6 Å². The highest BCUT2D eigenvalue weighted by Gasteiger charge is 2.25. The van der Waals surface area contributed by atoms with Gasteiger partial charge in [0.05, 0.1) is 0 Å². The fourth-order valence-electron chi connectivity index (χ4n) is 1.87. The van der Waals surface area contributed by atoms with Crippen molar-refractivity contribution < 1.29 is 14.7 Å². The lowest BCUT2D eigenvalue weighted by Gasteiger charge is -2.22. The molecule has 1 aromatic heterocycles. The molecule has 112 valence electrons. The minimum Gasteiger partial charge on any atom is -0.480 e. The highest BCUT2D eigenvalue weighted by molar-refractivity contribution is 7.09. The van der Waals surface area contributed by atoms with E-state index in [0.29, 0.717) is 6.42 Å². The van der Waals surface area contributed by atoms with Gasteiger partial charge in [0.2, 0.25) is 0 Å². The summed E-state index contributed by atoms with van der Waals surface area (Å²) in [5.41, 5.74) is 0. The van der Waals surface area contributed by atoms with Gasteiger partial charge in [-0.3, -0.25) is 0 Å². The van der Waals surface area contributed by atoms with Crippen LogP contribution in [-0.4, -0.2) is 29.2 Å². The predicted molar refractivity (Wildman–Crippen MR) is 80.0 cm³/mol. The maximum absolute atomic E-state index is 11.8. The lowest BCUT2D eigenvalue weighted by molar-refractivity contribution is -0.140. The van der Waals surface area contributed by atoms with E-state index in [-0.39, 0.29) is 12.0 Å². The summed E-state index contributed by atoms with van der Waals surface area (Å²) in [6.45, 7) is 5.62. The van der Waals surface area contributed by atoms with Gasteiger partial charge in [-0.05, 0) is 24.3 Å². The molecule has 1 rings (SSSR count). The van der Waals surface area contributed by atoms with E-state index < -0.39 is 18.0 Å². The standard InChI is InChI=1S/C14H22N2O3S/c1-4-9(2)12(13(17)18)16-14(19)15-10(3)8-11-6-5-7-20-11/h5-7,9-10,12H,4,8H2,1-3H3,(H,17,18)(H2,15,16,19)/t9-,10?,12-/m0/s1. The second kappa shape index (κ2) is 7.89. The summed E-state index contributed by atoms with van der Waals surface area (Å²) in [5, 5.41) is 16.4. The number of hydrogen-bond acceptors (Lipinski definition) is 3. The lowest BCUT2D eigenvalue weighted by atomic mass is 9.99. The summed E-state index contributed by atoms with van der Waals surface area (Å²) in [4.78, 5) is 24.2. The van der Waals surface area contributed by atoms with E-state index in [1.807, 2.05) is 38.3 Å². The second-order valence-corrected chi connectivity index (χ2v) is 6.04. The van der Waals surface area contributed by atoms with E-state index in [9.17, 15) is 9.59 Å². The fraction of sp³-hybridized carbons (Fsp3) is 0.571. The van der Waals surface area contributed by atoms with Gasteiger partial charge in [0.15, 0.2) is 0 Å². The molecular formula is C14H22N2O3S. The first kappa shape index (κ1) is 16.5. The summed E-state index contributed by atoms with van der Waals surface area (Å²) in [5.74, 6) is -1.11. The van der Waals surface area contributed by atoms with E-state index in [1.54, 1.807) is 11.3 Å². The largest absolute Gasteiger partial charge is 0.480 e. The van der Waals surface area contributed by atoms with Crippen LogP contribution in [0.4, 0.5) is 4.79 Å². The normalized spacial score (nSPS) is 15.2. The number of urea groups is 1. The number of carbonyl (C=O) groups excluding carboxylic acids is 1. The fourth-order valence-corrected chi connectivity index (χ4v) is 2.71. The van der Waals surface area contributed by atoms with Crippen molar-refractivity contribution >= 4 is 23.3 Å². The minimum atomic E-state index is -1.000. The van der Waals surface area contributed by atoms with Crippen molar-refractivity contribution in [1.29, 1.82) is 0 Å². The second-order valence-electron chi connectivity index (χ2n) is 5.00. The van der Waals surface area contributed by atoms with Crippen LogP contribution in [0.15, 0.2) is 17.5 Å². The maximum Gasteiger partial charge on any atom is 0.326 e. The maximum atomic E-state index is 11.8. The predicted octanol–water partition coefficient (Wildman–Crippen LogP) is 2.48. The Hall–Kier alpha value is -1.56. The summed E-state index contributed by atoms with van der Waals surface area (Å²) in [7, 11) is 0. The quantitative estimate of drug-likeness (QED) is 0.723. The molecule has 3 N–H and O–H groups in total. The summed E-state index contributed by atoms with van der Waals surface area (Å²) in [6.07, 6.45) is 1.44. The number of carbonyl (C=O) groups is 2. The molecule has 1 heterocycles. The van der Waals surface area contributed by atoms with Crippen molar-refractivity contribution in [2.75, 3.05) is 0 Å². The first-order valence-electron chi connectivity index (χ1n) is 6.76. The van der Waals surface area contributed by atoms with E-state index in [2.05, 4.69) is 10.6 Å². The molecule has 0 aromatic carbocycles. The van der Waals surface area contributed by atoms with Crippen molar-refractivity contribution in [2.45, 2.75) is 45.7 Å². The monoisotopic (exact) mass is 298 g/mol. The number of nitrogens with one attached hydrogen (secondary N) is 2. The van der Waals surface area contributed by atoms with Crippen molar-refractivity contribution in [3.63, 3.8) is 0 Å². The molecule has 6 heteroatoms. The summed E-state index contributed by atoms with van der Waals surface area (Å²) < 4.78 is 0. The van der Waals surface area contributed by atoms with Crippen molar-refractivity contribution in [3.05, 3.63) is 22.4 Å². The van der Waals surface area contributed by atoms with E-state index in [1.165, 1.54) is 4.88 Å². The molecule has 0 saturated carbocycles. The van der Waals surface area contributed by atoms with Gasteiger partial charge in [-0.2, -0.15) is 0 Å². The Morgan fingerprint density at radius 3 is 2.55 bits per heavy atom. The summed E-state index contributed by atoms with van der Waals surface area (Å²) >= 11 is 1.64. The van der Waals surface area contributed by atoms with Crippen LogP contribution >= 0.6 is 11.3 Å². The smallest absolute Gasteiger partial charge is 0.326 e. The van der Waals surface area contributed by atoms with Crippen LogP contribution in [0.5, 0.6) is 0 Å². The molecule has 0 aliphatic carbocycles. The average molecular weight is 298 g/mol. The molecule has 0 saturated heterocycles. The Labute approximate surface area is 123 Å². The van der Waals surface area contributed by atoms with Gasteiger partial charge in [-0.15, -0.1) is 11.3 Å². The van der Waals surface area contributed by atoms with Gasteiger partial charge in [-0.25, -0.2) is 9.59 Å². The molecular weight excluding hydrogens is 276 g/mol. The minimum absolute atomic E-state index is 0.0416. The number of hydrogen-bond donors (Lipinski definition) is 3. The van der Waals surface area contributed by atoms with Gasteiger partial charge in [0.1, 0.15) is 6.04 Å². The Balaban J connectivity index is 2.46. The van der Waals surface area contributed by atoms with Gasteiger partial charge in [0.25, 0.3) is 0 Å². The van der Waals surface area contributed by atoms with Crippen LogP contribution < -0.4 is 10.6 Å². The van der Waals surface area contributed by atoms with Crippen LogP contribution in [0.1, 0.15) is 32.1 Å². The van der Waals surface area contributed by atoms with E-state index >= 15 is 0 Å². The molecule has 5 nitrogen and oxygen atoms in total. The molecule has 3 atom stereocenters.